The Hall–Kier alpha value is -3.39. The molecule has 0 N–H and O–H groups in total. The van der Waals surface area contributed by atoms with Crippen LogP contribution in [-0.4, -0.2) is 50.6 Å². The molecule has 0 bridgehead atoms. The van der Waals surface area contributed by atoms with E-state index in [1.165, 1.54) is 14.2 Å². The van der Waals surface area contributed by atoms with E-state index in [9.17, 15) is 14.4 Å². The van der Waals surface area contributed by atoms with Gasteiger partial charge < -0.3 is 19.1 Å². The predicted octanol–water partition coefficient (Wildman–Crippen LogP) is 3.51. The lowest BCUT2D eigenvalue weighted by Crippen LogP contribution is -2.26. The molecule has 2 aromatic carbocycles. The molecule has 30 heavy (non-hydrogen) atoms. The lowest BCUT2D eigenvalue weighted by atomic mass is 10.1. The van der Waals surface area contributed by atoms with E-state index >= 15 is 0 Å². The number of benzene rings is 2. The number of ether oxygens (including phenoxy) is 3. The van der Waals surface area contributed by atoms with Crippen LogP contribution in [-0.2, 0) is 20.8 Å². The number of fused-ring (bicyclic) bond motifs is 1. The molecule has 0 saturated heterocycles. The number of carbonyl (C=O) groups is 3. The van der Waals surface area contributed by atoms with Crippen LogP contribution in [0.5, 0.6) is 5.75 Å². The number of hydrogen-bond acceptors (Lipinski definition) is 7. The second-order valence-electron chi connectivity index (χ2n) is 6.47. The quantitative estimate of drug-likeness (QED) is 0.537. The summed E-state index contributed by atoms with van der Waals surface area (Å²) in [6.45, 7) is 0.135. The first-order valence-electron chi connectivity index (χ1n) is 9.08. The van der Waals surface area contributed by atoms with Gasteiger partial charge in [-0.25, -0.2) is 9.59 Å². The largest absolute Gasteiger partial charge is 0.479 e. The van der Waals surface area contributed by atoms with E-state index in [-0.39, 0.29) is 23.1 Å². The lowest BCUT2D eigenvalue weighted by molar-refractivity contribution is -0.142. The highest BCUT2D eigenvalue weighted by molar-refractivity contribution is 7.21. The average molecular weight is 427 g/mol. The van der Waals surface area contributed by atoms with E-state index in [4.69, 9.17) is 9.47 Å². The molecule has 0 fully saturated rings. The van der Waals surface area contributed by atoms with Crippen LogP contribution in [0.4, 0.5) is 0 Å². The molecule has 156 valence electrons. The zero-order valence-electron chi connectivity index (χ0n) is 16.8. The second kappa shape index (κ2) is 9.41. The van der Waals surface area contributed by atoms with Crippen LogP contribution in [0.1, 0.15) is 25.6 Å². The van der Waals surface area contributed by atoms with Crippen molar-refractivity contribution in [1.29, 1.82) is 0 Å². The SMILES string of the molecule is COC(=O)COc1c(C(=O)OC)sc2cc(C(=O)N(C)Cc3ccccc3)ccc12. The zero-order chi connectivity index (χ0) is 21.7. The van der Waals surface area contributed by atoms with Gasteiger partial charge in [0, 0.05) is 29.2 Å². The molecule has 0 aliphatic heterocycles. The molecule has 0 aliphatic rings. The molecule has 0 atom stereocenters. The third-order valence-corrected chi connectivity index (χ3v) is 5.55. The Morgan fingerprint density at radius 1 is 1.00 bits per heavy atom. The monoisotopic (exact) mass is 427 g/mol. The highest BCUT2D eigenvalue weighted by Crippen LogP contribution is 2.39. The molecule has 0 spiro atoms. The summed E-state index contributed by atoms with van der Waals surface area (Å²) in [4.78, 5) is 38.3. The summed E-state index contributed by atoms with van der Waals surface area (Å²) in [5, 5.41) is 0.617. The van der Waals surface area contributed by atoms with Gasteiger partial charge in [0.2, 0.25) is 0 Å². The minimum atomic E-state index is -0.579. The standard InChI is InChI=1S/C22H21NO6S/c1-23(12-14-7-5-4-6-8-14)21(25)15-9-10-16-17(11-15)30-20(22(26)28-3)19(16)29-13-18(24)27-2/h4-11H,12-13H2,1-3H3. The molecule has 0 aliphatic carbocycles. The number of hydrogen-bond donors (Lipinski definition) is 0. The van der Waals surface area contributed by atoms with Gasteiger partial charge in [-0.15, -0.1) is 11.3 Å². The van der Waals surface area contributed by atoms with Gasteiger partial charge in [-0.1, -0.05) is 30.3 Å². The fraction of sp³-hybridized carbons (Fsp3) is 0.227. The van der Waals surface area contributed by atoms with Gasteiger partial charge in [0.25, 0.3) is 5.91 Å². The maximum atomic E-state index is 12.9. The van der Waals surface area contributed by atoms with Crippen molar-refractivity contribution >= 4 is 39.3 Å². The topological polar surface area (TPSA) is 82.1 Å². The Balaban J connectivity index is 1.90. The molecule has 1 aromatic heterocycles. The van der Waals surface area contributed by atoms with Crippen LogP contribution >= 0.6 is 11.3 Å². The van der Waals surface area contributed by atoms with E-state index < -0.39 is 11.9 Å². The zero-order valence-corrected chi connectivity index (χ0v) is 17.7. The number of rotatable bonds is 7. The Labute approximate surface area is 177 Å². The fourth-order valence-corrected chi connectivity index (χ4v) is 4.02. The summed E-state index contributed by atoms with van der Waals surface area (Å²) in [6.07, 6.45) is 0. The first-order valence-corrected chi connectivity index (χ1v) is 9.90. The lowest BCUT2D eigenvalue weighted by Gasteiger charge is -2.17. The Bertz CT molecular complexity index is 1080. The molecule has 1 heterocycles. The molecule has 0 saturated carbocycles. The summed E-state index contributed by atoms with van der Waals surface area (Å²) >= 11 is 1.14. The molecule has 3 rings (SSSR count). The van der Waals surface area contributed by atoms with E-state index in [1.54, 1.807) is 30.1 Å². The second-order valence-corrected chi connectivity index (χ2v) is 7.53. The Kier molecular flexibility index (Phi) is 6.68. The average Bonchev–Trinajstić information content (AvgIpc) is 3.14. The highest BCUT2D eigenvalue weighted by Gasteiger charge is 2.23. The van der Waals surface area contributed by atoms with Gasteiger partial charge >= 0.3 is 11.9 Å². The van der Waals surface area contributed by atoms with Crippen LogP contribution in [0.3, 0.4) is 0 Å². The molecule has 7 nitrogen and oxygen atoms in total. The van der Waals surface area contributed by atoms with E-state index in [2.05, 4.69) is 4.74 Å². The van der Waals surface area contributed by atoms with Crippen LogP contribution in [0.2, 0.25) is 0 Å². The minimum Gasteiger partial charge on any atom is -0.479 e. The summed E-state index contributed by atoms with van der Waals surface area (Å²) in [5.41, 5.74) is 1.51. The summed E-state index contributed by atoms with van der Waals surface area (Å²) < 4.78 is 15.6. The van der Waals surface area contributed by atoms with Crippen LogP contribution in [0.25, 0.3) is 10.1 Å². The van der Waals surface area contributed by atoms with Gasteiger partial charge in [0.1, 0.15) is 0 Å². The first kappa shape index (κ1) is 21.3. The maximum absolute atomic E-state index is 12.9. The number of amides is 1. The van der Waals surface area contributed by atoms with Gasteiger partial charge in [-0.05, 0) is 23.8 Å². The molecule has 1 amide bonds. The van der Waals surface area contributed by atoms with Crippen molar-refractivity contribution in [2.75, 3.05) is 27.9 Å². The number of methoxy groups -OCH3 is 2. The molecule has 0 radical (unpaired) electrons. The fourth-order valence-electron chi connectivity index (χ4n) is 2.92. The van der Waals surface area contributed by atoms with Crippen molar-refractivity contribution < 1.29 is 28.6 Å². The van der Waals surface area contributed by atoms with Crippen molar-refractivity contribution in [3.63, 3.8) is 0 Å². The summed E-state index contributed by atoms with van der Waals surface area (Å²) in [5.74, 6) is -1.06. The summed E-state index contributed by atoms with van der Waals surface area (Å²) in [7, 11) is 4.26. The molecule has 8 heteroatoms. The predicted molar refractivity (Wildman–Crippen MR) is 113 cm³/mol. The minimum absolute atomic E-state index is 0.147. The normalized spacial score (nSPS) is 10.5. The van der Waals surface area contributed by atoms with Crippen LogP contribution in [0, 0.1) is 0 Å². The number of carbonyl (C=O) groups excluding carboxylic acids is 3. The van der Waals surface area contributed by atoms with Crippen LogP contribution < -0.4 is 4.74 Å². The summed E-state index contributed by atoms with van der Waals surface area (Å²) in [6, 6.07) is 14.8. The number of thiophene rings is 1. The van der Waals surface area contributed by atoms with Crippen molar-refractivity contribution in [3.05, 3.63) is 64.5 Å². The molecular formula is C22H21NO6S. The number of nitrogens with zero attached hydrogens (tertiary/aromatic N) is 1. The third kappa shape index (κ3) is 4.60. The van der Waals surface area contributed by atoms with Crippen LogP contribution in [0.15, 0.2) is 48.5 Å². The molecule has 3 aromatic rings. The van der Waals surface area contributed by atoms with Gasteiger partial charge in [0.05, 0.1) is 14.2 Å². The van der Waals surface area contributed by atoms with E-state index in [0.29, 0.717) is 22.2 Å². The Morgan fingerprint density at radius 2 is 1.73 bits per heavy atom. The van der Waals surface area contributed by atoms with Gasteiger partial charge in [-0.3, -0.25) is 4.79 Å². The van der Waals surface area contributed by atoms with Gasteiger partial charge in [-0.2, -0.15) is 0 Å². The van der Waals surface area contributed by atoms with Crippen molar-refractivity contribution in [1.82, 2.24) is 4.90 Å². The van der Waals surface area contributed by atoms with E-state index in [0.717, 1.165) is 16.9 Å². The van der Waals surface area contributed by atoms with Crippen molar-refractivity contribution in [2.45, 2.75) is 6.54 Å². The molecule has 0 unspecified atom stereocenters. The maximum Gasteiger partial charge on any atom is 0.351 e. The van der Waals surface area contributed by atoms with Gasteiger partial charge in [0.15, 0.2) is 17.2 Å². The third-order valence-electron chi connectivity index (χ3n) is 4.43. The van der Waals surface area contributed by atoms with Crippen molar-refractivity contribution in [3.8, 4) is 5.75 Å². The van der Waals surface area contributed by atoms with Crippen molar-refractivity contribution in [2.24, 2.45) is 0 Å². The smallest absolute Gasteiger partial charge is 0.351 e. The Morgan fingerprint density at radius 3 is 2.40 bits per heavy atom. The first-order chi connectivity index (χ1) is 14.4. The molecular weight excluding hydrogens is 406 g/mol. The van der Waals surface area contributed by atoms with E-state index in [1.807, 2.05) is 30.3 Å². The highest BCUT2D eigenvalue weighted by atomic mass is 32.1. The number of esters is 2.